The summed E-state index contributed by atoms with van der Waals surface area (Å²) in [5, 5.41) is 13.5. The topological polar surface area (TPSA) is 102 Å². The van der Waals surface area contributed by atoms with Gasteiger partial charge >= 0.3 is 12.1 Å². The molecule has 12 heteroatoms. The Bertz CT molecular complexity index is 1470. The molecule has 0 bridgehead atoms. The Balaban J connectivity index is 1.60. The maximum absolute atomic E-state index is 13.1. The van der Waals surface area contributed by atoms with Crippen LogP contribution in [0.25, 0.3) is 0 Å². The number of thioether (sulfide) groups is 1. The van der Waals surface area contributed by atoms with Crippen LogP contribution in [0.4, 0.5) is 19.0 Å². The lowest BCUT2D eigenvalue weighted by Gasteiger charge is -2.24. The molecule has 0 saturated heterocycles. The van der Waals surface area contributed by atoms with Gasteiger partial charge in [-0.05, 0) is 63.6 Å². The molecule has 1 N–H and O–H groups in total. The number of carbonyl (C=O) groups is 1. The molecule has 0 saturated carbocycles. The Kier molecular flexibility index (Phi) is 8.38. The van der Waals surface area contributed by atoms with Crippen LogP contribution in [0.5, 0.6) is 11.6 Å². The number of nitrogens with zero attached hydrogens (tertiary/aromatic N) is 4. The number of aliphatic carboxylic acids is 1. The van der Waals surface area contributed by atoms with Crippen LogP contribution in [-0.4, -0.2) is 30.9 Å². The molecule has 0 radical (unpaired) electrons. The maximum atomic E-state index is 13.1. The van der Waals surface area contributed by atoms with Crippen LogP contribution in [0.15, 0.2) is 70.3 Å². The van der Waals surface area contributed by atoms with Crippen LogP contribution in [0.1, 0.15) is 42.0 Å². The van der Waals surface area contributed by atoms with Gasteiger partial charge in [-0.1, -0.05) is 23.4 Å². The van der Waals surface area contributed by atoms with Crippen LogP contribution in [0.2, 0.25) is 0 Å². The first-order valence-electron chi connectivity index (χ1n) is 12.2. The van der Waals surface area contributed by atoms with Crippen molar-refractivity contribution in [1.82, 2.24) is 15.1 Å². The number of benzene rings is 2. The van der Waals surface area contributed by atoms with Crippen LogP contribution < -0.4 is 9.64 Å². The van der Waals surface area contributed by atoms with Gasteiger partial charge in [0.15, 0.2) is 0 Å². The Morgan fingerprint density at radius 1 is 1.05 bits per heavy atom. The number of carboxylic acid groups (broad SMARTS) is 1. The van der Waals surface area contributed by atoms with E-state index in [-0.39, 0.29) is 11.6 Å². The molecule has 0 aliphatic carbocycles. The number of hydrogen-bond acceptors (Lipinski definition) is 8. The third-order valence-corrected chi connectivity index (χ3v) is 7.24. The van der Waals surface area contributed by atoms with Gasteiger partial charge in [0.25, 0.3) is 0 Å². The second-order valence-electron chi connectivity index (χ2n) is 9.56. The summed E-state index contributed by atoms with van der Waals surface area (Å²) < 4.78 is 49.4. The Morgan fingerprint density at radius 3 is 2.40 bits per heavy atom. The van der Waals surface area contributed by atoms with Gasteiger partial charge in [0.1, 0.15) is 28.4 Å². The van der Waals surface area contributed by atoms with Crippen molar-refractivity contribution in [1.29, 1.82) is 0 Å². The SMILES string of the molecule is Cc1noc(C)c1CN(Cc1ccc(SC(C)(C)C(=O)O)cc1)c1cc(Oc2cccc(C(F)(F)F)c2)ncn1. The number of halogens is 3. The monoisotopic (exact) mass is 572 g/mol. The largest absolute Gasteiger partial charge is 0.480 e. The van der Waals surface area contributed by atoms with Crippen LogP contribution >= 0.6 is 11.8 Å². The van der Waals surface area contributed by atoms with E-state index in [4.69, 9.17) is 9.26 Å². The van der Waals surface area contributed by atoms with Crippen molar-refractivity contribution in [3.63, 3.8) is 0 Å². The summed E-state index contributed by atoms with van der Waals surface area (Å²) in [6.45, 7) is 7.72. The van der Waals surface area contributed by atoms with E-state index in [0.29, 0.717) is 24.7 Å². The lowest BCUT2D eigenvalue weighted by atomic mass is 10.1. The van der Waals surface area contributed by atoms with E-state index in [9.17, 15) is 23.1 Å². The summed E-state index contributed by atoms with van der Waals surface area (Å²) in [6.07, 6.45) is -3.22. The number of aromatic nitrogens is 3. The second-order valence-corrected chi connectivity index (χ2v) is 11.3. The maximum Gasteiger partial charge on any atom is 0.416 e. The van der Waals surface area contributed by atoms with E-state index in [1.807, 2.05) is 43.0 Å². The predicted molar refractivity (Wildman–Crippen MR) is 143 cm³/mol. The molecular formula is C28H27F3N4O4S. The molecule has 0 spiro atoms. The summed E-state index contributed by atoms with van der Waals surface area (Å²) in [5.74, 6) is 0.297. The molecule has 4 aromatic rings. The molecule has 8 nitrogen and oxygen atoms in total. The van der Waals surface area contributed by atoms with Crippen molar-refractivity contribution in [3.8, 4) is 11.6 Å². The number of aryl methyl sites for hydroxylation is 2. The van der Waals surface area contributed by atoms with E-state index < -0.39 is 22.5 Å². The molecule has 0 aliphatic rings. The molecule has 2 aromatic carbocycles. The van der Waals surface area contributed by atoms with Gasteiger partial charge in [-0.2, -0.15) is 13.2 Å². The van der Waals surface area contributed by atoms with Crippen molar-refractivity contribution in [2.45, 2.75) is 56.6 Å². The average Bonchev–Trinajstić information content (AvgIpc) is 3.21. The number of hydrogen-bond donors (Lipinski definition) is 1. The standard InChI is InChI=1S/C28H27F3N4O4S/c1-17-23(18(2)39-34-17)15-35(14-19-8-10-22(11-9-19)40-27(3,4)26(36)37)24-13-25(33-16-32-24)38-21-7-5-6-20(12-21)28(29,30)31/h5-13,16H,14-15H2,1-4H3,(H,36,37). The van der Waals surface area contributed by atoms with Gasteiger partial charge in [0.2, 0.25) is 5.88 Å². The summed E-state index contributed by atoms with van der Waals surface area (Å²) in [7, 11) is 0. The van der Waals surface area contributed by atoms with E-state index in [1.54, 1.807) is 19.9 Å². The molecule has 2 heterocycles. The zero-order chi connectivity index (χ0) is 29.1. The molecule has 210 valence electrons. The number of anilines is 1. The first-order valence-corrected chi connectivity index (χ1v) is 13.0. The van der Waals surface area contributed by atoms with Crippen LogP contribution in [-0.2, 0) is 24.1 Å². The first-order chi connectivity index (χ1) is 18.8. The van der Waals surface area contributed by atoms with Gasteiger partial charge in [-0.3, -0.25) is 4.79 Å². The molecule has 2 aromatic heterocycles. The molecule has 0 unspecified atom stereocenters. The number of alkyl halides is 3. The van der Waals surface area contributed by atoms with E-state index in [2.05, 4.69) is 15.1 Å². The summed E-state index contributed by atoms with van der Waals surface area (Å²) in [4.78, 5) is 22.7. The Morgan fingerprint density at radius 2 is 1.77 bits per heavy atom. The van der Waals surface area contributed by atoms with Crippen LogP contribution in [0, 0.1) is 13.8 Å². The highest BCUT2D eigenvalue weighted by atomic mass is 32.2. The van der Waals surface area contributed by atoms with Crippen LogP contribution in [0.3, 0.4) is 0 Å². The molecular weight excluding hydrogens is 545 g/mol. The number of ether oxygens (including phenoxy) is 1. The van der Waals surface area contributed by atoms with Crippen molar-refractivity contribution in [2.75, 3.05) is 4.90 Å². The molecule has 0 amide bonds. The fourth-order valence-electron chi connectivity index (χ4n) is 3.77. The molecule has 0 aliphatic heterocycles. The third kappa shape index (κ3) is 7.12. The molecule has 0 atom stereocenters. The minimum atomic E-state index is -4.50. The fraction of sp³-hybridized carbons (Fsp3) is 0.286. The average molecular weight is 573 g/mol. The fourth-order valence-corrected chi connectivity index (χ4v) is 4.72. The van der Waals surface area contributed by atoms with E-state index in [1.165, 1.54) is 30.2 Å². The normalized spacial score (nSPS) is 11.9. The predicted octanol–water partition coefficient (Wildman–Crippen LogP) is 7.05. The number of rotatable bonds is 10. The quantitative estimate of drug-likeness (QED) is 0.200. The minimum absolute atomic E-state index is 0.00544. The smallest absolute Gasteiger partial charge is 0.416 e. The van der Waals surface area contributed by atoms with E-state index in [0.717, 1.165) is 33.8 Å². The molecule has 40 heavy (non-hydrogen) atoms. The van der Waals surface area contributed by atoms with Gasteiger partial charge in [0.05, 0.1) is 17.8 Å². The lowest BCUT2D eigenvalue weighted by Crippen LogP contribution is -2.26. The number of carboxylic acids is 1. The Labute approximate surface area is 233 Å². The van der Waals surface area contributed by atoms with Crippen molar-refractivity contribution < 1.29 is 32.3 Å². The summed E-state index contributed by atoms with van der Waals surface area (Å²) in [6, 6.07) is 13.7. The van der Waals surface area contributed by atoms with Gasteiger partial charge in [0, 0.05) is 23.1 Å². The van der Waals surface area contributed by atoms with Gasteiger partial charge in [-0.15, -0.1) is 11.8 Å². The zero-order valence-corrected chi connectivity index (χ0v) is 23.0. The highest BCUT2D eigenvalue weighted by molar-refractivity contribution is 8.01. The molecule has 0 fully saturated rings. The summed E-state index contributed by atoms with van der Waals surface area (Å²) >= 11 is 1.25. The third-order valence-electron chi connectivity index (χ3n) is 6.05. The second kappa shape index (κ2) is 11.6. The highest BCUT2D eigenvalue weighted by Crippen LogP contribution is 2.34. The zero-order valence-electron chi connectivity index (χ0n) is 22.2. The van der Waals surface area contributed by atoms with Gasteiger partial charge < -0.3 is 19.3 Å². The van der Waals surface area contributed by atoms with Crippen molar-refractivity contribution in [3.05, 3.63) is 89.1 Å². The van der Waals surface area contributed by atoms with Crippen molar-refractivity contribution >= 4 is 23.5 Å². The Hall–Kier alpha value is -4.06. The first kappa shape index (κ1) is 28.9. The molecule has 4 rings (SSSR count). The van der Waals surface area contributed by atoms with E-state index >= 15 is 0 Å². The highest BCUT2D eigenvalue weighted by Gasteiger charge is 2.31. The summed E-state index contributed by atoms with van der Waals surface area (Å²) in [5.41, 5.74) is 1.69. The van der Waals surface area contributed by atoms with Gasteiger partial charge in [-0.25, -0.2) is 9.97 Å². The van der Waals surface area contributed by atoms with Crippen molar-refractivity contribution in [2.24, 2.45) is 0 Å². The lowest BCUT2D eigenvalue weighted by molar-refractivity contribution is -0.139. The minimum Gasteiger partial charge on any atom is -0.480 e.